The van der Waals surface area contributed by atoms with Gasteiger partial charge in [0.25, 0.3) is 0 Å². The van der Waals surface area contributed by atoms with Crippen LogP contribution in [0.25, 0.3) is 17.1 Å². The average Bonchev–Trinajstić information content (AvgIpc) is 3.47. The zero-order valence-electron chi connectivity index (χ0n) is 25.6. The SMILES string of the molecule is C=CC(=O)Nc1cc(Nc2nccc(-n3cc(CN4CCC4)c(-c4ccccc4)n3)n2)c(OC)cc1N1CCN(C(C)=O)CC1. The molecule has 0 bridgehead atoms. The first kappa shape index (κ1) is 29.8. The number of likely N-dealkylation sites (tertiary alicyclic amines) is 1. The molecule has 45 heavy (non-hydrogen) atoms. The second-order valence-electron chi connectivity index (χ2n) is 11.1. The van der Waals surface area contributed by atoms with E-state index in [0.29, 0.717) is 55.1 Å². The Morgan fingerprint density at radius 1 is 1.02 bits per heavy atom. The average molecular weight is 608 g/mol. The number of methoxy groups -OCH3 is 1. The van der Waals surface area contributed by atoms with Crippen molar-refractivity contribution in [3.63, 3.8) is 0 Å². The van der Waals surface area contributed by atoms with E-state index in [2.05, 4.69) is 44.1 Å². The fraction of sp³-hybridized carbons (Fsp3) is 0.303. The minimum Gasteiger partial charge on any atom is -0.494 e. The fourth-order valence-corrected chi connectivity index (χ4v) is 5.56. The van der Waals surface area contributed by atoms with Gasteiger partial charge in [-0.3, -0.25) is 14.5 Å². The molecule has 0 aliphatic carbocycles. The van der Waals surface area contributed by atoms with Gasteiger partial charge in [-0.15, -0.1) is 0 Å². The van der Waals surface area contributed by atoms with Crippen LogP contribution in [0.4, 0.5) is 23.0 Å². The van der Waals surface area contributed by atoms with Gasteiger partial charge in [-0.1, -0.05) is 36.9 Å². The predicted molar refractivity (Wildman–Crippen MR) is 174 cm³/mol. The van der Waals surface area contributed by atoms with Gasteiger partial charge in [-0.25, -0.2) is 9.67 Å². The van der Waals surface area contributed by atoms with Gasteiger partial charge in [0.2, 0.25) is 17.8 Å². The van der Waals surface area contributed by atoms with Gasteiger partial charge >= 0.3 is 0 Å². The summed E-state index contributed by atoms with van der Waals surface area (Å²) in [6.07, 6.45) is 6.16. The summed E-state index contributed by atoms with van der Waals surface area (Å²) in [6.45, 7) is 10.6. The summed E-state index contributed by atoms with van der Waals surface area (Å²) in [5.74, 6) is 1.21. The summed E-state index contributed by atoms with van der Waals surface area (Å²) < 4.78 is 7.56. The number of nitrogens with one attached hydrogen (secondary N) is 2. The van der Waals surface area contributed by atoms with Crippen LogP contribution in [-0.4, -0.2) is 87.7 Å². The summed E-state index contributed by atoms with van der Waals surface area (Å²) >= 11 is 0. The molecule has 2 aromatic carbocycles. The summed E-state index contributed by atoms with van der Waals surface area (Å²) in [7, 11) is 1.59. The molecule has 4 aromatic rings. The number of amides is 2. The number of aromatic nitrogens is 4. The molecule has 2 amide bonds. The summed E-state index contributed by atoms with van der Waals surface area (Å²) in [5.41, 5.74) is 5.05. The lowest BCUT2D eigenvalue weighted by Gasteiger charge is -2.36. The molecule has 2 fully saturated rings. The van der Waals surface area contributed by atoms with Crippen molar-refractivity contribution >= 4 is 34.8 Å². The Morgan fingerprint density at radius 3 is 2.47 bits per heavy atom. The molecular formula is C33H37N9O3. The molecule has 6 rings (SSSR count). The molecule has 0 radical (unpaired) electrons. The lowest BCUT2D eigenvalue weighted by molar-refractivity contribution is -0.129. The lowest BCUT2D eigenvalue weighted by atomic mass is 10.1. The monoisotopic (exact) mass is 607 g/mol. The highest BCUT2D eigenvalue weighted by atomic mass is 16.5. The quantitative estimate of drug-likeness (QED) is 0.257. The van der Waals surface area contributed by atoms with Crippen LogP contribution in [0, 0.1) is 0 Å². The largest absolute Gasteiger partial charge is 0.494 e. The van der Waals surface area contributed by atoms with Crippen molar-refractivity contribution < 1.29 is 14.3 Å². The van der Waals surface area contributed by atoms with Gasteiger partial charge in [0, 0.05) is 75.3 Å². The van der Waals surface area contributed by atoms with Gasteiger partial charge in [0.05, 0.1) is 29.9 Å². The molecule has 12 nitrogen and oxygen atoms in total. The Labute approximate surface area is 262 Å². The smallest absolute Gasteiger partial charge is 0.247 e. The number of nitrogens with zero attached hydrogens (tertiary/aromatic N) is 7. The molecule has 0 saturated carbocycles. The first-order valence-electron chi connectivity index (χ1n) is 15.0. The van der Waals surface area contributed by atoms with Crippen molar-refractivity contribution in [2.45, 2.75) is 19.9 Å². The number of carbonyl (C=O) groups is 2. The lowest BCUT2D eigenvalue weighted by Crippen LogP contribution is -2.48. The van der Waals surface area contributed by atoms with Gasteiger partial charge in [0.15, 0.2) is 5.82 Å². The third kappa shape index (κ3) is 6.65. The number of carbonyl (C=O) groups excluding carboxylic acids is 2. The molecule has 4 heterocycles. The number of ether oxygens (including phenoxy) is 1. The van der Waals surface area contributed by atoms with Crippen LogP contribution in [0.5, 0.6) is 5.75 Å². The second-order valence-corrected chi connectivity index (χ2v) is 11.1. The maximum atomic E-state index is 12.4. The number of hydrogen-bond donors (Lipinski definition) is 2. The van der Waals surface area contributed by atoms with Crippen LogP contribution < -0.4 is 20.3 Å². The van der Waals surface area contributed by atoms with Crippen LogP contribution >= 0.6 is 0 Å². The maximum absolute atomic E-state index is 12.4. The molecule has 2 aliphatic heterocycles. The Bertz CT molecular complexity index is 1690. The van der Waals surface area contributed by atoms with Crippen LogP contribution in [-0.2, 0) is 16.1 Å². The Kier molecular flexibility index (Phi) is 8.74. The van der Waals surface area contributed by atoms with Crippen molar-refractivity contribution in [3.8, 4) is 22.8 Å². The van der Waals surface area contributed by atoms with E-state index in [1.807, 2.05) is 41.4 Å². The summed E-state index contributed by atoms with van der Waals surface area (Å²) in [6, 6.07) is 15.7. The molecule has 0 unspecified atom stereocenters. The van der Waals surface area contributed by atoms with E-state index in [0.717, 1.165) is 42.1 Å². The zero-order valence-corrected chi connectivity index (χ0v) is 25.6. The number of rotatable bonds is 10. The van der Waals surface area contributed by atoms with Crippen molar-refractivity contribution in [2.24, 2.45) is 0 Å². The highest BCUT2D eigenvalue weighted by molar-refractivity contribution is 6.02. The van der Waals surface area contributed by atoms with E-state index >= 15 is 0 Å². The Morgan fingerprint density at radius 2 is 1.80 bits per heavy atom. The minimum atomic E-state index is -0.338. The third-order valence-electron chi connectivity index (χ3n) is 8.13. The molecule has 0 spiro atoms. The highest BCUT2D eigenvalue weighted by Gasteiger charge is 2.24. The van der Waals surface area contributed by atoms with Gasteiger partial charge in [-0.2, -0.15) is 10.1 Å². The van der Waals surface area contributed by atoms with Crippen molar-refractivity contribution in [1.82, 2.24) is 29.5 Å². The highest BCUT2D eigenvalue weighted by Crippen LogP contribution is 2.39. The molecule has 12 heteroatoms. The fourth-order valence-electron chi connectivity index (χ4n) is 5.56. The zero-order chi connectivity index (χ0) is 31.3. The predicted octanol–water partition coefficient (Wildman–Crippen LogP) is 4.08. The summed E-state index contributed by atoms with van der Waals surface area (Å²) in [5, 5.41) is 11.1. The number of anilines is 4. The van der Waals surface area contributed by atoms with Crippen molar-refractivity contribution in [2.75, 3.05) is 61.9 Å². The minimum absolute atomic E-state index is 0.0490. The normalized spacial score (nSPS) is 14.9. The molecule has 2 aliphatic rings. The molecule has 232 valence electrons. The Hall–Kier alpha value is -5.23. The maximum Gasteiger partial charge on any atom is 0.247 e. The first-order valence-corrected chi connectivity index (χ1v) is 15.0. The van der Waals surface area contributed by atoms with E-state index < -0.39 is 0 Å². The van der Waals surface area contributed by atoms with Gasteiger partial charge in [0.1, 0.15) is 5.75 Å². The van der Waals surface area contributed by atoms with E-state index in [1.165, 1.54) is 12.5 Å². The van der Waals surface area contributed by atoms with Gasteiger partial charge in [-0.05, 0) is 31.7 Å². The molecule has 0 atom stereocenters. The number of benzene rings is 2. The molecule has 2 aromatic heterocycles. The number of piperazine rings is 1. The molecule has 2 N–H and O–H groups in total. The number of hydrogen-bond acceptors (Lipinski definition) is 9. The first-order chi connectivity index (χ1) is 21.9. The van der Waals surface area contributed by atoms with Crippen LogP contribution in [0.1, 0.15) is 18.9 Å². The van der Waals surface area contributed by atoms with Crippen LogP contribution in [0.15, 0.2) is 73.6 Å². The van der Waals surface area contributed by atoms with Gasteiger partial charge < -0.3 is 25.2 Å². The standard InChI is InChI=1S/C33H37N9O3/c1-4-31(44)35-26-19-27(29(45-3)20-28(26)41-17-15-40(16-18-41)23(2)43)36-33-34-12-11-30(37-33)42-22-25(21-39-13-8-14-39)32(38-42)24-9-6-5-7-10-24/h4-7,9-12,19-20,22H,1,8,13-18,21H2,2-3H3,(H,35,44)(H,34,36,37). The van der Waals surface area contributed by atoms with Crippen LogP contribution in [0.2, 0.25) is 0 Å². The second kappa shape index (κ2) is 13.2. The molecular weight excluding hydrogens is 570 g/mol. The van der Waals surface area contributed by atoms with Crippen molar-refractivity contribution in [3.05, 3.63) is 79.1 Å². The van der Waals surface area contributed by atoms with E-state index in [1.54, 1.807) is 31.0 Å². The molecule has 2 saturated heterocycles. The summed E-state index contributed by atoms with van der Waals surface area (Å²) in [4.78, 5) is 39.9. The third-order valence-corrected chi connectivity index (χ3v) is 8.13. The van der Waals surface area contributed by atoms with E-state index in [-0.39, 0.29) is 11.8 Å². The van der Waals surface area contributed by atoms with E-state index in [4.69, 9.17) is 14.8 Å². The van der Waals surface area contributed by atoms with Crippen molar-refractivity contribution in [1.29, 1.82) is 0 Å². The Balaban J connectivity index is 1.30. The topological polar surface area (TPSA) is 121 Å². The van der Waals surface area contributed by atoms with Crippen LogP contribution in [0.3, 0.4) is 0 Å². The van der Waals surface area contributed by atoms with E-state index in [9.17, 15) is 9.59 Å².